The van der Waals surface area contributed by atoms with Gasteiger partial charge in [-0.25, -0.2) is 13.6 Å². The maximum absolute atomic E-state index is 11.9. The van der Waals surface area contributed by atoms with Gasteiger partial charge in [0.1, 0.15) is 11.5 Å². The normalized spacial score (nSPS) is 11.1. The Labute approximate surface area is 186 Å². The minimum Gasteiger partial charge on any atom is -0.496 e. The highest BCUT2D eigenvalue weighted by molar-refractivity contribution is 7.89. The highest BCUT2D eigenvalue weighted by Gasteiger charge is 2.21. The first-order chi connectivity index (χ1) is 15.2. The van der Waals surface area contributed by atoms with Gasteiger partial charge < -0.3 is 23.7 Å². The molecule has 2 aromatic rings. The molecule has 2 rings (SSSR count). The number of aldehydes is 1. The molecule has 11 heteroatoms. The number of esters is 1. The molecule has 0 saturated carbocycles. The van der Waals surface area contributed by atoms with Crippen molar-refractivity contribution in [1.82, 2.24) is 0 Å². The third-order valence-corrected chi connectivity index (χ3v) is 5.30. The minimum atomic E-state index is -4.03. The molecule has 0 aromatic heterocycles. The van der Waals surface area contributed by atoms with Crippen LogP contribution in [-0.2, 0) is 35.4 Å². The van der Waals surface area contributed by atoms with Crippen molar-refractivity contribution < 1.29 is 41.7 Å². The van der Waals surface area contributed by atoms with Crippen molar-refractivity contribution in [3.63, 3.8) is 0 Å². The van der Waals surface area contributed by atoms with E-state index in [1.165, 1.54) is 45.6 Å². The van der Waals surface area contributed by atoms with E-state index in [4.69, 9.17) is 28.8 Å². The van der Waals surface area contributed by atoms with Gasteiger partial charge in [0.15, 0.2) is 13.1 Å². The molecular formula is C21H25NO9S. The quantitative estimate of drug-likeness (QED) is 0.213. The van der Waals surface area contributed by atoms with E-state index in [9.17, 15) is 18.0 Å². The molecule has 0 radical (unpaired) electrons. The molecular weight excluding hydrogens is 442 g/mol. The Kier molecular flexibility index (Phi) is 9.14. The van der Waals surface area contributed by atoms with Gasteiger partial charge >= 0.3 is 5.97 Å². The number of hydrogen-bond acceptors (Lipinski definition) is 9. The Bertz CT molecular complexity index is 1070. The smallest absolute Gasteiger partial charge is 0.309 e. The van der Waals surface area contributed by atoms with Crippen molar-refractivity contribution in [3.8, 4) is 22.6 Å². The number of carbonyl (C=O) groups is 2. The molecule has 0 unspecified atom stereocenters. The fraction of sp³-hybridized carbons (Fsp3) is 0.333. The molecule has 0 heterocycles. The lowest BCUT2D eigenvalue weighted by molar-refractivity contribution is -0.139. The van der Waals surface area contributed by atoms with E-state index in [-0.39, 0.29) is 36.0 Å². The van der Waals surface area contributed by atoms with Crippen LogP contribution in [0.5, 0.6) is 11.5 Å². The summed E-state index contributed by atoms with van der Waals surface area (Å²) < 4.78 is 49.8. The van der Waals surface area contributed by atoms with Crippen molar-refractivity contribution in [2.75, 3.05) is 41.3 Å². The Morgan fingerprint density at radius 3 is 2.41 bits per heavy atom. The van der Waals surface area contributed by atoms with Crippen molar-refractivity contribution in [2.45, 2.75) is 11.3 Å². The molecule has 32 heavy (non-hydrogen) atoms. The number of carbonyl (C=O) groups excluding carboxylic acids is 2. The maximum Gasteiger partial charge on any atom is 0.309 e. The summed E-state index contributed by atoms with van der Waals surface area (Å²) in [5, 5.41) is 5.28. The second-order valence-corrected chi connectivity index (χ2v) is 8.06. The first kappa shape index (κ1) is 25.3. The largest absolute Gasteiger partial charge is 0.496 e. The molecule has 0 aliphatic carbocycles. The molecule has 0 atom stereocenters. The van der Waals surface area contributed by atoms with Gasteiger partial charge in [-0.1, -0.05) is 0 Å². The average molecular weight is 467 g/mol. The molecule has 0 saturated heterocycles. The molecule has 10 nitrogen and oxygen atoms in total. The number of benzene rings is 2. The van der Waals surface area contributed by atoms with Crippen LogP contribution in [0.2, 0.25) is 0 Å². The van der Waals surface area contributed by atoms with Crippen LogP contribution in [0.4, 0.5) is 0 Å². The predicted molar refractivity (Wildman–Crippen MR) is 114 cm³/mol. The van der Waals surface area contributed by atoms with Gasteiger partial charge in [0.2, 0.25) is 10.0 Å². The monoisotopic (exact) mass is 467 g/mol. The first-order valence-electron chi connectivity index (χ1n) is 9.34. The fourth-order valence-electron chi connectivity index (χ4n) is 2.88. The Morgan fingerprint density at radius 2 is 1.81 bits per heavy atom. The molecule has 0 aliphatic rings. The lowest BCUT2D eigenvalue weighted by atomic mass is 9.96. The molecule has 0 spiro atoms. The van der Waals surface area contributed by atoms with Crippen LogP contribution in [0.3, 0.4) is 0 Å². The molecule has 0 aliphatic heterocycles. The number of nitrogens with two attached hydrogens (primary N) is 1. The number of ether oxygens (including phenoxy) is 5. The lowest BCUT2D eigenvalue weighted by Crippen LogP contribution is -2.13. The minimum absolute atomic E-state index is 0.119. The number of rotatable bonds is 12. The van der Waals surface area contributed by atoms with Crippen LogP contribution >= 0.6 is 0 Å². The summed E-state index contributed by atoms with van der Waals surface area (Å²) in [6, 6.07) is 7.10. The number of methoxy groups -OCH3 is 3. The Balaban J connectivity index is 2.67. The van der Waals surface area contributed by atoms with E-state index in [0.29, 0.717) is 35.3 Å². The van der Waals surface area contributed by atoms with Gasteiger partial charge in [-0.3, -0.25) is 9.59 Å². The van der Waals surface area contributed by atoms with Gasteiger partial charge in [0, 0.05) is 18.2 Å². The van der Waals surface area contributed by atoms with E-state index in [1.807, 2.05) is 0 Å². The van der Waals surface area contributed by atoms with E-state index in [1.54, 1.807) is 6.07 Å². The fourth-order valence-corrected chi connectivity index (χ4v) is 3.42. The highest BCUT2D eigenvalue weighted by Crippen LogP contribution is 2.40. The molecule has 2 N–H and O–H groups in total. The van der Waals surface area contributed by atoms with Crippen LogP contribution < -0.4 is 14.6 Å². The van der Waals surface area contributed by atoms with Crippen molar-refractivity contribution in [2.24, 2.45) is 5.14 Å². The maximum atomic E-state index is 11.9. The van der Waals surface area contributed by atoms with E-state index in [0.717, 1.165) is 0 Å². The second kappa shape index (κ2) is 11.6. The molecule has 0 amide bonds. The summed E-state index contributed by atoms with van der Waals surface area (Å²) in [6.07, 6.45) is 0.441. The zero-order valence-corrected chi connectivity index (χ0v) is 18.8. The van der Waals surface area contributed by atoms with E-state index in [2.05, 4.69) is 0 Å². The summed E-state index contributed by atoms with van der Waals surface area (Å²) in [6.45, 7) is 0.399. The SMILES string of the molecule is COCCOCOc1c(C=O)cc(CC(=O)OC)cc1-c1cc(S(N)(=O)=O)ccc1OC. The van der Waals surface area contributed by atoms with Crippen LogP contribution in [0.1, 0.15) is 15.9 Å². The highest BCUT2D eigenvalue weighted by atomic mass is 32.2. The van der Waals surface area contributed by atoms with Crippen LogP contribution in [-0.4, -0.2) is 62.0 Å². The standard InChI is InChI=1S/C21H25NO9S/c1-27-6-7-30-13-31-21-15(12-23)8-14(10-20(24)29-3)9-18(21)17-11-16(32(22,25)26)4-5-19(17)28-2/h4-5,8-9,11-12H,6-7,10,13H2,1-3H3,(H2,22,25,26). The predicted octanol–water partition coefficient (Wildman–Crippen LogP) is 1.54. The van der Waals surface area contributed by atoms with Crippen LogP contribution in [0, 0.1) is 0 Å². The summed E-state index contributed by atoms with van der Waals surface area (Å²) >= 11 is 0. The van der Waals surface area contributed by atoms with Crippen LogP contribution in [0.15, 0.2) is 35.2 Å². The van der Waals surface area contributed by atoms with Gasteiger partial charge in [-0.15, -0.1) is 0 Å². The zero-order valence-electron chi connectivity index (χ0n) is 18.0. The third-order valence-electron chi connectivity index (χ3n) is 4.39. The number of hydrogen-bond donors (Lipinski definition) is 1. The third kappa shape index (κ3) is 6.50. The average Bonchev–Trinajstić information content (AvgIpc) is 2.77. The van der Waals surface area contributed by atoms with E-state index < -0.39 is 16.0 Å². The molecule has 174 valence electrons. The summed E-state index contributed by atoms with van der Waals surface area (Å²) in [7, 11) is 0.153. The molecule has 0 bridgehead atoms. The zero-order chi connectivity index (χ0) is 23.7. The van der Waals surface area contributed by atoms with E-state index >= 15 is 0 Å². The second-order valence-electron chi connectivity index (χ2n) is 6.50. The van der Waals surface area contributed by atoms with Crippen molar-refractivity contribution >= 4 is 22.3 Å². The van der Waals surface area contributed by atoms with Gasteiger partial charge in [0.25, 0.3) is 0 Å². The number of primary sulfonamides is 1. The Hall–Kier alpha value is -2.99. The molecule has 0 fully saturated rings. The van der Waals surface area contributed by atoms with Gasteiger partial charge in [0.05, 0.1) is 44.3 Å². The lowest BCUT2D eigenvalue weighted by Gasteiger charge is -2.18. The summed E-state index contributed by atoms with van der Waals surface area (Å²) in [5.74, 6) is -0.0971. The van der Waals surface area contributed by atoms with Gasteiger partial charge in [-0.05, 0) is 35.9 Å². The molecule has 2 aromatic carbocycles. The Morgan fingerprint density at radius 1 is 1.06 bits per heavy atom. The first-order valence-corrected chi connectivity index (χ1v) is 10.9. The summed E-state index contributed by atoms with van der Waals surface area (Å²) in [4.78, 5) is 23.5. The van der Waals surface area contributed by atoms with Gasteiger partial charge in [-0.2, -0.15) is 0 Å². The van der Waals surface area contributed by atoms with Crippen molar-refractivity contribution in [3.05, 3.63) is 41.5 Å². The topological polar surface area (TPSA) is 140 Å². The van der Waals surface area contributed by atoms with Crippen molar-refractivity contribution in [1.29, 1.82) is 0 Å². The summed E-state index contributed by atoms with van der Waals surface area (Å²) in [5.41, 5.74) is 1.18. The van der Waals surface area contributed by atoms with Crippen LogP contribution in [0.25, 0.3) is 11.1 Å². The number of sulfonamides is 1.